The summed E-state index contributed by atoms with van der Waals surface area (Å²) in [6.07, 6.45) is 32.1. The number of unbranched alkanes of at least 4 members (excludes halogenated alkanes) is 1. The fraction of sp³-hybridized carbons (Fsp3) is 0.586. The monoisotopic (exact) mass is 520 g/mol. The van der Waals surface area contributed by atoms with E-state index in [1.165, 1.54) is 12.2 Å². The summed E-state index contributed by atoms with van der Waals surface area (Å²) in [5, 5.41) is 10.0. The van der Waals surface area contributed by atoms with Crippen LogP contribution in [0.4, 0.5) is 0 Å². The zero-order valence-corrected chi connectivity index (χ0v) is 22.9. The van der Waals surface area contributed by atoms with Crippen LogP contribution in [-0.2, 0) is 14.3 Å². The number of ether oxygens (including phenoxy) is 1. The summed E-state index contributed by atoms with van der Waals surface area (Å²) in [6.45, 7) is 2.13. The van der Waals surface area contributed by atoms with Crippen LogP contribution in [0.1, 0.15) is 84.0 Å². The van der Waals surface area contributed by atoms with Crippen LogP contribution in [0.25, 0.3) is 0 Å². The molecule has 1 N–H and O–H groups in total. The molecule has 2 unspecified atom stereocenters. The topological polar surface area (TPSA) is 63.6 Å². The van der Waals surface area contributed by atoms with Crippen molar-refractivity contribution >= 4 is 33.5 Å². The highest BCUT2D eigenvalue weighted by Crippen LogP contribution is 2.40. The molecule has 0 aliphatic carbocycles. The van der Waals surface area contributed by atoms with Gasteiger partial charge in [-0.1, -0.05) is 95.7 Å². The molecule has 0 amide bonds. The minimum absolute atomic E-state index is 0.0115. The van der Waals surface area contributed by atoms with Gasteiger partial charge in [-0.3, -0.25) is 9.59 Å². The molecule has 0 spiro atoms. The highest BCUT2D eigenvalue weighted by atomic mass is 33.1. The van der Waals surface area contributed by atoms with Crippen LogP contribution in [0.15, 0.2) is 60.8 Å². The van der Waals surface area contributed by atoms with Gasteiger partial charge in [0.15, 0.2) is 0 Å². The second-order valence-electron chi connectivity index (χ2n) is 8.58. The molecule has 0 aromatic heterocycles. The number of esters is 1. The molecule has 0 saturated carbocycles. The van der Waals surface area contributed by atoms with Crippen LogP contribution in [0, 0.1) is 5.92 Å². The Morgan fingerprint density at radius 3 is 2.06 bits per heavy atom. The maximum absolute atomic E-state index is 11.9. The van der Waals surface area contributed by atoms with E-state index in [0.717, 1.165) is 57.8 Å². The van der Waals surface area contributed by atoms with E-state index in [1.54, 1.807) is 0 Å². The molecule has 0 aromatic rings. The van der Waals surface area contributed by atoms with Gasteiger partial charge in [0.2, 0.25) is 0 Å². The first-order valence-electron chi connectivity index (χ1n) is 13.0. The number of allylic oxidation sites excluding steroid dienone is 10. The summed E-state index contributed by atoms with van der Waals surface area (Å²) >= 11 is 0. The molecular formula is C29H44O4S2. The normalized spacial score (nSPS) is 17.6. The van der Waals surface area contributed by atoms with E-state index in [9.17, 15) is 14.7 Å². The van der Waals surface area contributed by atoms with Crippen molar-refractivity contribution in [1.82, 2.24) is 0 Å². The number of carbonyl (C=O) groups excluding carboxylic acids is 1. The average Bonchev–Trinajstić information content (AvgIpc) is 3.36. The lowest BCUT2D eigenvalue weighted by atomic mass is 10.0. The highest BCUT2D eigenvalue weighted by molar-refractivity contribution is 8.77. The van der Waals surface area contributed by atoms with E-state index in [0.29, 0.717) is 18.1 Å². The maximum atomic E-state index is 11.9. The number of hydrogen-bond acceptors (Lipinski definition) is 5. The zero-order chi connectivity index (χ0) is 25.4. The van der Waals surface area contributed by atoms with E-state index < -0.39 is 11.9 Å². The van der Waals surface area contributed by atoms with Crippen LogP contribution in [-0.4, -0.2) is 34.7 Å². The predicted molar refractivity (Wildman–Crippen MR) is 153 cm³/mol. The molecule has 1 aliphatic heterocycles. The molecule has 1 aliphatic rings. The van der Waals surface area contributed by atoms with Crippen molar-refractivity contribution < 1.29 is 19.4 Å². The predicted octanol–water partition coefficient (Wildman–Crippen LogP) is 8.48. The molecule has 6 heteroatoms. The number of hydrogen-bond donors (Lipinski definition) is 1. The summed E-state index contributed by atoms with van der Waals surface area (Å²) in [5.41, 5.74) is 0. The average molecular weight is 521 g/mol. The summed E-state index contributed by atoms with van der Waals surface area (Å²) in [6, 6.07) is 0. The van der Waals surface area contributed by atoms with Crippen molar-refractivity contribution in [3.63, 3.8) is 0 Å². The van der Waals surface area contributed by atoms with Crippen LogP contribution in [0.2, 0.25) is 0 Å². The van der Waals surface area contributed by atoms with Crippen molar-refractivity contribution in [2.24, 2.45) is 5.92 Å². The second kappa shape index (κ2) is 22.8. The lowest BCUT2D eigenvalue weighted by Gasteiger charge is -2.14. The molecule has 196 valence electrons. The third kappa shape index (κ3) is 19.2. The lowest BCUT2D eigenvalue weighted by molar-refractivity contribution is -0.151. The van der Waals surface area contributed by atoms with Gasteiger partial charge in [-0.05, 0) is 64.2 Å². The minimum Gasteiger partial charge on any atom is -0.481 e. The Balaban J connectivity index is 2.02. The van der Waals surface area contributed by atoms with Gasteiger partial charge in [0.25, 0.3) is 0 Å². The standard InChI is InChI=1S/C29H44O4S2/c1-2-3-4-5-6-7-8-9-10-11-12-13-14-15-16-17-18-22-28(30)33-25-26(29(31)32)20-19-21-27-23-24-34-35-27/h3-4,6-7,9-10,12-13,15-16,26-27H,2,5,8,11,14,17-25H2,1H3,(H,31,32)/b4-3-,7-6-,10-9-,13-12-,16-15-. The Morgan fingerprint density at radius 1 is 0.914 bits per heavy atom. The Hall–Kier alpha value is -1.66. The molecule has 1 rings (SSSR count). The summed E-state index contributed by atoms with van der Waals surface area (Å²) in [4.78, 5) is 23.4. The third-order valence-corrected chi connectivity index (χ3v) is 8.52. The maximum Gasteiger partial charge on any atom is 0.309 e. The van der Waals surface area contributed by atoms with Crippen LogP contribution < -0.4 is 0 Å². The van der Waals surface area contributed by atoms with Gasteiger partial charge < -0.3 is 9.84 Å². The fourth-order valence-corrected chi connectivity index (χ4v) is 6.46. The van der Waals surface area contributed by atoms with Gasteiger partial charge in [-0.15, -0.1) is 0 Å². The lowest BCUT2D eigenvalue weighted by Crippen LogP contribution is -2.22. The molecule has 0 bridgehead atoms. The molecule has 0 radical (unpaired) electrons. The van der Waals surface area contributed by atoms with Gasteiger partial charge in [0.1, 0.15) is 6.61 Å². The largest absolute Gasteiger partial charge is 0.481 e. The quantitative estimate of drug-likeness (QED) is 0.0751. The number of rotatable bonds is 20. The SMILES string of the molecule is CC/C=C\C/C=C\C/C=C\C/C=C\C/C=C\CCCC(=O)OCC(CCCC1CCSS1)C(=O)O. The van der Waals surface area contributed by atoms with E-state index >= 15 is 0 Å². The van der Waals surface area contributed by atoms with Gasteiger partial charge in [-0.25, -0.2) is 0 Å². The Morgan fingerprint density at radius 2 is 1.51 bits per heavy atom. The Bertz CT molecular complexity index is 703. The highest BCUT2D eigenvalue weighted by Gasteiger charge is 2.21. The second-order valence-corrected chi connectivity index (χ2v) is 11.4. The number of carboxylic acid groups (broad SMARTS) is 1. The summed E-state index contributed by atoms with van der Waals surface area (Å²) < 4.78 is 5.24. The van der Waals surface area contributed by atoms with Crippen molar-refractivity contribution in [3.05, 3.63) is 60.8 Å². The van der Waals surface area contributed by atoms with Crippen molar-refractivity contribution in [3.8, 4) is 0 Å². The van der Waals surface area contributed by atoms with E-state index in [-0.39, 0.29) is 12.6 Å². The van der Waals surface area contributed by atoms with Crippen LogP contribution in [0.3, 0.4) is 0 Å². The zero-order valence-electron chi connectivity index (χ0n) is 21.3. The van der Waals surface area contributed by atoms with Crippen molar-refractivity contribution in [2.45, 2.75) is 89.2 Å². The van der Waals surface area contributed by atoms with Gasteiger partial charge >= 0.3 is 11.9 Å². The first kappa shape index (κ1) is 31.4. The number of aliphatic carboxylic acids is 1. The summed E-state index contributed by atoms with van der Waals surface area (Å²) in [7, 11) is 3.81. The first-order valence-corrected chi connectivity index (χ1v) is 15.4. The molecule has 1 fully saturated rings. The van der Waals surface area contributed by atoms with E-state index in [2.05, 4.69) is 67.7 Å². The molecule has 1 saturated heterocycles. The molecule has 0 aromatic carbocycles. The third-order valence-electron chi connectivity index (χ3n) is 5.51. The summed E-state index contributed by atoms with van der Waals surface area (Å²) in [5.74, 6) is -0.574. The van der Waals surface area contributed by atoms with Gasteiger partial charge in [0, 0.05) is 17.4 Å². The fourth-order valence-electron chi connectivity index (χ4n) is 3.43. The Kier molecular flexibility index (Phi) is 20.4. The van der Waals surface area contributed by atoms with E-state index in [4.69, 9.17) is 4.74 Å². The van der Waals surface area contributed by atoms with E-state index in [1.807, 2.05) is 21.6 Å². The van der Waals surface area contributed by atoms with Crippen LogP contribution in [0.5, 0.6) is 0 Å². The molecular weight excluding hydrogens is 476 g/mol. The molecule has 2 atom stereocenters. The van der Waals surface area contributed by atoms with Crippen molar-refractivity contribution in [2.75, 3.05) is 12.4 Å². The first-order chi connectivity index (χ1) is 17.1. The van der Waals surface area contributed by atoms with Gasteiger partial charge in [-0.2, -0.15) is 0 Å². The number of carboxylic acids is 1. The molecule has 4 nitrogen and oxygen atoms in total. The molecule has 1 heterocycles. The molecule has 35 heavy (non-hydrogen) atoms. The van der Waals surface area contributed by atoms with Gasteiger partial charge in [0.05, 0.1) is 5.92 Å². The minimum atomic E-state index is -0.870. The smallest absolute Gasteiger partial charge is 0.309 e. The Labute approximate surface area is 220 Å². The van der Waals surface area contributed by atoms with Crippen molar-refractivity contribution in [1.29, 1.82) is 0 Å². The van der Waals surface area contributed by atoms with Crippen LogP contribution >= 0.6 is 21.6 Å². The number of carbonyl (C=O) groups is 2.